The Morgan fingerprint density at radius 2 is 1.32 bits per heavy atom. The van der Waals surface area contributed by atoms with Crippen LogP contribution in [0.25, 0.3) is 0 Å². The molecule has 0 spiro atoms. The van der Waals surface area contributed by atoms with Crippen LogP contribution in [0.2, 0.25) is 0 Å². The Kier molecular flexibility index (Phi) is 5.27. The molecule has 0 heterocycles. The minimum Gasteiger partial charge on any atom is -0.294 e. The van der Waals surface area contributed by atoms with Gasteiger partial charge in [0.2, 0.25) is 5.78 Å². The van der Waals surface area contributed by atoms with E-state index in [1.165, 1.54) is 0 Å². The van der Waals surface area contributed by atoms with Gasteiger partial charge in [0.1, 0.15) is 0 Å². The lowest BCUT2D eigenvalue weighted by Crippen LogP contribution is -2.18. The number of hydrogen-bond donors (Lipinski definition) is 0. The Hall–Kier alpha value is -2.66. The lowest BCUT2D eigenvalue weighted by atomic mass is 9.88. The number of rotatable bonds is 4. The number of ketones is 2. The van der Waals surface area contributed by atoms with Crippen molar-refractivity contribution in [2.75, 3.05) is 0 Å². The van der Waals surface area contributed by atoms with Crippen LogP contribution in [0.1, 0.15) is 34.6 Å². The van der Waals surface area contributed by atoms with Crippen LogP contribution in [-0.2, 0) is 0 Å². The number of carbonyl (C=O) groups is 2. The Labute approximate surface area is 131 Å². The molecule has 0 amide bonds. The van der Waals surface area contributed by atoms with Crippen molar-refractivity contribution in [3.63, 3.8) is 0 Å². The van der Waals surface area contributed by atoms with Gasteiger partial charge in [-0.2, -0.15) is 0 Å². The molecule has 0 aliphatic heterocycles. The summed E-state index contributed by atoms with van der Waals surface area (Å²) in [5.41, 5.74) is 1.25. The molecule has 0 unspecified atom stereocenters. The first-order chi connectivity index (χ1) is 10.6. The molecule has 2 nitrogen and oxygen atoms in total. The molecule has 110 valence electrons. The third-order valence-electron chi connectivity index (χ3n) is 3.67. The largest absolute Gasteiger partial charge is 0.294 e. The SMILES string of the molecule is C[C@@H](C#CC(=O)c1ccccc1)[C@@H](C)C(=O)c1ccccc1. The molecule has 0 aliphatic carbocycles. The molecule has 22 heavy (non-hydrogen) atoms. The van der Waals surface area contributed by atoms with E-state index in [9.17, 15) is 9.59 Å². The summed E-state index contributed by atoms with van der Waals surface area (Å²) in [7, 11) is 0. The van der Waals surface area contributed by atoms with Crippen molar-refractivity contribution in [3.05, 3.63) is 71.8 Å². The molecular formula is C20H18O2. The van der Waals surface area contributed by atoms with Crippen molar-refractivity contribution in [1.29, 1.82) is 0 Å². The molecule has 0 saturated heterocycles. The molecule has 2 aromatic carbocycles. The average molecular weight is 290 g/mol. The molecule has 2 rings (SSSR count). The fraction of sp³-hybridized carbons (Fsp3) is 0.200. The molecule has 0 saturated carbocycles. The average Bonchev–Trinajstić information content (AvgIpc) is 2.59. The Morgan fingerprint density at radius 1 is 0.818 bits per heavy atom. The van der Waals surface area contributed by atoms with E-state index in [4.69, 9.17) is 0 Å². The minimum absolute atomic E-state index is 0.0505. The molecule has 2 atom stereocenters. The first kappa shape index (κ1) is 15.7. The van der Waals surface area contributed by atoms with Crippen LogP contribution in [0, 0.1) is 23.7 Å². The first-order valence-corrected chi connectivity index (χ1v) is 7.29. The van der Waals surface area contributed by atoms with Gasteiger partial charge in [-0.15, -0.1) is 0 Å². The highest BCUT2D eigenvalue weighted by molar-refractivity contribution is 6.09. The monoisotopic (exact) mass is 290 g/mol. The van der Waals surface area contributed by atoms with Crippen LogP contribution >= 0.6 is 0 Å². The van der Waals surface area contributed by atoms with Crippen LogP contribution in [0.5, 0.6) is 0 Å². The second-order valence-electron chi connectivity index (χ2n) is 5.27. The van der Waals surface area contributed by atoms with E-state index < -0.39 is 0 Å². The van der Waals surface area contributed by atoms with Crippen LogP contribution in [0.15, 0.2) is 60.7 Å². The second-order valence-corrected chi connectivity index (χ2v) is 5.27. The second kappa shape index (κ2) is 7.38. The first-order valence-electron chi connectivity index (χ1n) is 7.29. The number of Topliss-reactive ketones (excluding diaryl/α,β-unsaturated/α-hetero) is 2. The van der Waals surface area contributed by atoms with E-state index >= 15 is 0 Å². The van der Waals surface area contributed by atoms with Crippen molar-refractivity contribution >= 4 is 11.6 Å². The third kappa shape index (κ3) is 3.93. The van der Waals surface area contributed by atoms with Gasteiger partial charge in [-0.25, -0.2) is 0 Å². The van der Waals surface area contributed by atoms with Gasteiger partial charge >= 0.3 is 0 Å². The highest BCUT2D eigenvalue weighted by atomic mass is 16.1. The molecule has 0 aliphatic rings. The van der Waals surface area contributed by atoms with Gasteiger partial charge in [-0.3, -0.25) is 9.59 Å². The van der Waals surface area contributed by atoms with E-state index in [1.807, 2.05) is 38.1 Å². The Balaban J connectivity index is 2.06. The van der Waals surface area contributed by atoms with Crippen molar-refractivity contribution in [2.24, 2.45) is 11.8 Å². The van der Waals surface area contributed by atoms with Crippen molar-refractivity contribution < 1.29 is 9.59 Å². The zero-order valence-electron chi connectivity index (χ0n) is 12.7. The maximum Gasteiger partial charge on any atom is 0.235 e. The van der Waals surface area contributed by atoms with E-state index in [0.717, 1.165) is 0 Å². The topological polar surface area (TPSA) is 34.1 Å². The van der Waals surface area contributed by atoms with Gasteiger partial charge in [-0.05, 0) is 5.92 Å². The zero-order chi connectivity index (χ0) is 15.9. The quantitative estimate of drug-likeness (QED) is 0.484. The predicted molar refractivity (Wildman–Crippen MR) is 87.6 cm³/mol. The summed E-state index contributed by atoms with van der Waals surface area (Å²) in [6, 6.07) is 18.1. The van der Waals surface area contributed by atoms with Crippen molar-refractivity contribution in [3.8, 4) is 11.8 Å². The molecule has 2 heteroatoms. The fourth-order valence-corrected chi connectivity index (χ4v) is 2.06. The van der Waals surface area contributed by atoms with Gasteiger partial charge in [-0.1, -0.05) is 80.4 Å². The summed E-state index contributed by atoms with van der Waals surface area (Å²) in [6.07, 6.45) is 0. The van der Waals surface area contributed by atoms with Crippen LogP contribution in [-0.4, -0.2) is 11.6 Å². The van der Waals surface area contributed by atoms with Crippen molar-refractivity contribution in [2.45, 2.75) is 13.8 Å². The third-order valence-corrected chi connectivity index (χ3v) is 3.67. The standard InChI is InChI=1S/C20H18O2/c1-15(13-14-19(21)17-9-5-3-6-10-17)16(2)20(22)18-11-7-4-8-12-18/h3-12,15-16H,1-2H3/t15-,16+/m0/s1. The lowest BCUT2D eigenvalue weighted by Gasteiger charge is -2.13. The highest BCUT2D eigenvalue weighted by Crippen LogP contribution is 2.16. The molecule has 0 bridgehead atoms. The summed E-state index contributed by atoms with van der Waals surface area (Å²) in [5.74, 6) is 4.96. The molecule has 0 aromatic heterocycles. The van der Waals surface area contributed by atoms with Crippen LogP contribution in [0.4, 0.5) is 0 Å². The van der Waals surface area contributed by atoms with Gasteiger partial charge in [0, 0.05) is 23.0 Å². The normalized spacial score (nSPS) is 12.6. The highest BCUT2D eigenvalue weighted by Gasteiger charge is 2.20. The predicted octanol–water partition coefficient (Wildman–Crippen LogP) is 4.03. The van der Waals surface area contributed by atoms with E-state index in [-0.39, 0.29) is 23.4 Å². The number of hydrogen-bond acceptors (Lipinski definition) is 2. The number of benzene rings is 2. The maximum atomic E-state index is 12.3. The minimum atomic E-state index is -0.251. The van der Waals surface area contributed by atoms with Crippen LogP contribution < -0.4 is 0 Å². The molecular weight excluding hydrogens is 272 g/mol. The summed E-state index contributed by atoms with van der Waals surface area (Å²) in [6.45, 7) is 3.72. The van der Waals surface area contributed by atoms with E-state index in [1.54, 1.807) is 36.4 Å². The van der Waals surface area contributed by atoms with Crippen LogP contribution in [0.3, 0.4) is 0 Å². The van der Waals surface area contributed by atoms with Gasteiger partial charge in [0.05, 0.1) is 0 Å². The van der Waals surface area contributed by atoms with E-state index in [2.05, 4.69) is 11.8 Å². The van der Waals surface area contributed by atoms with Crippen molar-refractivity contribution in [1.82, 2.24) is 0 Å². The van der Waals surface area contributed by atoms with Gasteiger partial charge in [0.25, 0.3) is 0 Å². The Bertz CT molecular complexity index is 706. The smallest absolute Gasteiger partial charge is 0.235 e. The summed E-state index contributed by atoms with van der Waals surface area (Å²) < 4.78 is 0. The number of carbonyl (C=O) groups excluding carboxylic acids is 2. The zero-order valence-corrected chi connectivity index (χ0v) is 12.7. The molecule has 2 aromatic rings. The van der Waals surface area contributed by atoms with Gasteiger partial charge in [0.15, 0.2) is 5.78 Å². The summed E-state index contributed by atoms with van der Waals surface area (Å²) >= 11 is 0. The summed E-state index contributed by atoms with van der Waals surface area (Å²) in [5, 5.41) is 0. The molecule has 0 N–H and O–H groups in total. The van der Waals surface area contributed by atoms with E-state index in [0.29, 0.717) is 11.1 Å². The molecule has 0 fully saturated rings. The Morgan fingerprint density at radius 3 is 1.86 bits per heavy atom. The summed E-state index contributed by atoms with van der Waals surface area (Å²) in [4.78, 5) is 24.3. The maximum absolute atomic E-state index is 12.3. The fourth-order valence-electron chi connectivity index (χ4n) is 2.06. The lowest BCUT2D eigenvalue weighted by molar-refractivity contribution is 0.0909. The van der Waals surface area contributed by atoms with Gasteiger partial charge < -0.3 is 0 Å². The molecule has 0 radical (unpaired) electrons.